The Hall–Kier alpha value is -2.83. The van der Waals surface area contributed by atoms with E-state index in [1.54, 1.807) is 0 Å². The van der Waals surface area contributed by atoms with Crippen molar-refractivity contribution in [1.29, 1.82) is 0 Å². The molecular formula is C20H26N2O5. The van der Waals surface area contributed by atoms with Gasteiger partial charge in [-0.15, -0.1) is 0 Å². The van der Waals surface area contributed by atoms with Crippen molar-refractivity contribution in [2.45, 2.75) is 39.2 Å². The smallest absolute Gasteiger partial charge is 0.328 e. The third kappa shape index (κ3) is 6.13. The molecule has 0 saturated carbocycles. The van der Waals surface area contributed by atoms with Gasteiger partial charge >= 0.3 is 11.9 Å². The predicted molar refractivity (Wildman–Crippen MR) is 101 cm³/mol. The van der Waals surface area contributed by atoms with Crippen molar-refractivity contribution < 1.29 is 23.9 Å². The number of carbonyl (C=O) groups is 3. The van der Waals surface area contributed by atoms with Gasteiger partial charge in [0, 0.05) is 23.5 Å². The minimum atomic E-state index is -0.743. The summed E-state index contributed by atoms with van der Waals surface area (Å²) in [4.78, 5) is 38.8. The van der Waals surface area contributed by atoms with Crippen LogP contribution in [0.3, 0.4) is 0 Å². The minimum absolute atomic E-state index is 0.168. The molecule has 0 aliphatic rings. The van der Waals surface area contributed by atoms with Crippen molar-refractivity contribution in [2.24, 2.45) is 5.92 Å². The Bertz CT molecular complexity index is 797. The lowest BCUT2D eigenvalue weighted by molar-refractivity contribution is -0.150. The molecule has 0 aliphatic carbocycles. The average Bonchev–Trinajstić information content (AvgIpc) is 3.06. The van der Waals surface area contributed by atoms with Gasteiger partial charge in [0.05, 0.1) is 7.11 Å². The highest BCUT2D eigenvalue weighted by Crippen LogP contribution is 2.19. The van der Waals surface area contributed by atoms with E-state index in [9.17, 15) is 14.4 Å². The Balaban J connectivity index is 1.78. The normalized spacial score (nSPS) is 12.0. The number of hydrogen-bond acceptors (Lipinski definition) is 5. The number of ether oxygens (including phenoxy) is 2. The van der Waals surface area contributed by atoms with Crippen molar-refractivity contribution in [3.63, 3.8) is 0 Å². The summed E-state index contributed by atoms with van der Waals surface area (Å²) >= 11 is 0. The number of hydrogen-bond donors (Lipinski definition) is 2. The molecule has 2 rings (SSSR count). The number of amides is 1. The second kappa shape index (κ2) is 9.75. The Morgan fingerprint density at radius 2 is 1.93 bits per heavy atom. The number of para-hydroxylation sites is 1. The number of benzene rings is 1. The molecule has 2 aromatic rings. The van der Waals surface area contributed by atoms with Gasteiger partial charge in [-0.25, -0.2) is 4.79 Å². The van der Waals surface area contributed by atoms with Crippen LogP contribution in [0.25, 0.3) is 10.9 Å². The van der Waals surface area contributed by atoms with Crippen LogP contribution in [0, 0.1) is 5.92 Å². The molecule has 0 aliphatic heterocycles. The lowest BCUT2D eigenvalue weighted by Crippen LogP contribution is -2.44. The quantitative estimate of drug-likeness (QED) is 0.657. The van der Waals surface area contributed by atoms with Gasteiger partial charge in [-0.1, -0.05) is 32.0 Å². The number of fused-ring (bicyclic) bond motifs is 1. The lowest BCUT2D eigenvalue weighted by atomic mass is 10.0. The van der Waals surface area contributed by atoms with Gasteiger partial charge in [-0.2, -0.15) is 0 Å². The van der Waals surface area contributed by atoms with E-state index in [2.05, 4.69) is 10.3 Å². The first-order chi connectivity index (χ1) is 12.9. The fraction of sp³-hybridized carbons (Fsp3) is 0.450. The highest BCUT2D eigenvalue weighted by Gasteiger charge is 2.23. The molecule has 1 aromatic carbocycles. The molecule has 0 unspecified atom stereocenters. The van der Waals surface area contributed by atoms with Gasteiger partial charge < -0.3 is 19.8 Å². The molecule has 0 bridgehead atoms. The van der Waals surface area contributed by atoms with Crippen LogP contribution in [0.5, 0.6) is 0 Å². The molecule has 0 radical (unpaired) electrons. The Labute approximate surface area is 158 Å². The summed E-state index contributed by atoms with van der Waals surface area (Å²) in [6, 6.07) is 7.10. The summed E-state index contributed by atoms with van der Waals surface area (Å²) in [5, 5.41) is 3.62. The standard InChI is InChI=1S/C20H26N2O5/c1-13(2)10-17(20(25)26-3)22-18(23)12-27-19(24)9-8-14-11-21-16-7-5-4-6-15(14)16/h4-7,11,13,17,21H,8-10,12H2,1-3H3,(H,22,23)/t17-/m0/s1. The summed E-state index contributed by atoms with van der Waals surface area (Å²) in [6.07, 6.45) is 3.01. The lowest BCUT2D eigenvalue weighted by Gasteiger charge is -2.18. The topological polar surface area (TPSA) is 97.5 Å². The predicted octanol–water partition coefficient (Wildman–Crippen LogP) is 2.35. The number of aryl methyl sites for hydroxylation is 1. The van der Waals surface area contributed by atoms with E-state index in [0.717, 1.165) is 16.5 Å². The second-order valence-corrected chi connectivity index (χ2v) is 6.79. The van der Waals surface area contributed by atoms with E-state index in [-0.39, 0.29) is 12.3 Å². The molecule has 1 atom stereocenters. The van der Waals surface area contributed by atoms with Crippen LogP contribution in [0.1, 0.15) is 32.3 Å². The molecule has 1 heterocycles. The van der Waals surface area contributed by atoms with Gasteiger partial charge in [-0.05, 0) is 30.4 Å². The number of methoxy groups -OCH3 is 1. The third-order valence-electron chi connectivity index (χ3n) is 4.17. The monoisotopic (exact) mass is 374 g/mol. The maximum atomic E-state index is 12.0. The van der Waals surface area contributed by atoms with Crippen LogP contribution in [0.4, 0.5) is 0 Å². The van der Waals surface area contributed by atoms with Crippen LogP contribution in [-0.2, 0) is 30.3 Å². The fourth-order valence-electron chi connectivity index (χ4n) is 2.86. The average molecular weight is 374 g/mol. The van der Waals surface area contributed by atoms with Crippen LogP contribution >= 0.6 is 0 Å². The molecule has 2 N–H and O–H groups in total. The maximum absolute atomic E-state index is 12.0. The Morgan fingerprint density at radius 3 is 2.63 bits per heavy atom. The summed E-state index contributed by atoms with van der Waals surface area (Å²) in [6.45, 7) is 3.46. The maximum Gasteiger partial charge on any atom is 0.328 e. The highest BCUT2D eigenvalue weighted by atomic mass is 16.5. The van der Waals surface area contributed by atoms with E-state index >= 15 is 0 Å². The largest absolute Gasteiger partial charge is 0.467 e. The number of H-pyrrole nitrogens is 1. The van der Waals surface area contributed by atoms with E-state index in [1.165, 1.54) is 7.11 Å². The van der Waals surface area contributed by atoms with Crippen molar-refractivity contribution in [3.05, 3.63) is 36.0 Å². The number of esters is 2. The Kier molecular flexibility index (Phi) is 7.40. The van der Waals surface area contributed by atoms with E-state index in [1.807, 2.05) is 44.3 Å². The Morgan fingerprint density at radius 1 is 1.19 bits per heavy atom. The van der Waals surface area contributed by atoms with Gasteiger partial charge in [0.15, 0.2) is 6.61 Å². The molecule has 0 spiro atoms. The zero-order valence-electron chi connectivity index (χ0n) is 15.9. The zero-order chi connectivity index (χ0) is 19.8. The van der Waals surface area contributed by atoms with Crippen LogP contribution in [-0.4, -0.2) is 42.6 Å². The summed E-state index contributed by atoms with van der Waals surface area (Å²) in [5.74, 6) is -1.30. The first-order valence-corrected chi connectivity index (χ1v) is 8.98. The molecule has 7 nitrogen and oxygen atoms in total. The number of aromatic amines is 1. The number of nitrogens with one attached hydrogen (secondary N) is 2. The van der Waals surface area contributed by atoms with Crippen LogP contribution in [0.15, 0.2) is 30.5 Å². The van der Waals surface area contributed by atoms with E-state index in [0.29, 0.717) is 12.8 Å². The van der Waals surface area contributed by atoms with Crippen LogP contribution < -0.4 is 5.32 Å². The van der Waals surface area contributed by atoms with Gasteiger partial charge in [0.2, 0.25) is 0 Å². The molecule has 1 amide bonds. The number of carbonyl (C=O) groups excluding carboxylic acids is 3. The molecule has 0 fully saturated rings. The van der Waals surface area contributed by atoms with Gasteiger partial charge in [-0.3, -0.25) is 9.59 Å². The third-order valence-corrected chi connectivity index (χ3v) is 4.17. The zero-order valence-corrected chi connectivity index (χ0v) is 15.9. The summed E-state index contributed by atoms with van der Waals surface area (Å²) in [7, 11) is 1.27. The number of aromatic nitrogens is 1. The van der Waals surface area contributed by atoms with Crippen molar-refractivity contribution in [3.8, 4) is 0 Å². The summed E-state index contributed by atoms with van der Waals surface area (Å²) < 4.78 is 9.71. The molecule has 1 aromatic heterocycles. The molecule has 146 valence electrons. The molecule has 7 heteroatoms. The van der Waals surface area contributed by atoms with Crippen molar-refractivity contribution in [2.75, 3.05) is 13.7 Å². The van der Waals surface area contributed by atoms with Crippen molar-refractivity contribution in [1.82, 2.24) is 10.3 Å². The SMILES string of the molecule is COC(=O)[C@H](CC(C)C)NC(=O)COC(=O)CCc1c[nH]c2ccccc12. The second-order valence-electron chi connectivity index (χ2n) is 6.79. The number of rotatable bonds is 9. The van der Waals surface area contributed by atoms with E-state index in [4.69, 9.17) is 9.47 Å². The molecule has 0 saturated heterocycles. The van der Waals surface area contributed by atoms with Gasteiger partial charge in [0.25, 0.3) is 5.91 Å². The summed E-state index contributed by atoms with van der Waals surface area (Å²) in [5.41, 5.74) is 2.04. The van der Waals surface area contributed by atoms with E-state index < -0.39 is 30.5 Å². The fourth-order valence-corrected chi connectivity index (χ4v) is 2.86. The first-order valence-electron chi connectivity index (χ1n) is 8.98. The first kappa shape index (κ1) is 20.5. The van der Waals surface area contributed by atoms with Gasteiger partial charge in [0.1, 0.15) is 6.04 Å². The molecule has 27 heavy (non-hydrogen) atoms. The highest BCUT2D eigenvalue weighted by molar-refractivity contribution is 5.86. The minimum Gasteiger partial charge on any atom is -0.467 e. The van der Waals surface area contributed by atoms with Crippen LogP contribution in [0.2, 0.25) is 0 Å². The molecular weight excluding hydrogens is 348 g/mol. The van der Waals surface area contributed by atoms with Crippen molar-refractivity contribution >= 4 is 28.7 Å².